The molecule has 9 heteroatoms. The highest BCUT2D eigenvalue weighted by Crippen LogP contribution is 2.25. The van der Waals surface area contributed by atoms with Gasteiger partial charge in [0.25, 0.3) is 11.8 Å². The molecule has 0 radical (unpaired) electrons. The molecular formula is C18H16N6O2S. The Balaban J connectivity index is 1.46. The highest BCUT2D eigenvalue weighted by atomic mass is 32.1. The van der Waals surface area contributed by atoms with Gasteiger partial charge < -0.3 is 9.64 Å². The van der Waals surface area contributed by atoms with Gasteiger partial charge in [-0.25, -0.2) is 9.97 Å². The van der Waals surface area contributed by atoms with Gasteiger partial charge in [-0.05, 0) is 17.5 Å². The van der Waals surface area contributed by atoms with Crippen molar-refractivity contribution in [2.24, 2.45) is 7.05 Å². The van der Waals surface area contributed by atoms with Gasteiger partial charge >= 0.3 is 0 Å². The zero-order chi connectivity index (χ0) is 18.8. The summed E-state index contributed by atoms with van der Waals surface area (Å²) in [4.78, 5) is 23.7. The van der Waals surface area contributed by atoms with Crippen molar-refractivity contribution in [2.75, 3.05) is 13.1 Å². The molecule has 1 aliphatic heterocycles. The monoisotopic (exact) mass is 380 g/mol. The van der Waals surface area contributed by atoms with Crippen molar-refractivity contribution < 1.29 is 9.53 Å². The van der Waals surface area contributed by atoms with Crippen LogP contribution in [0.1, 0.15) is 22.6 Å². The van der Waals surface area contributed by atoms with Crippen LogP contribution in [0.3, 0.4) is 0 Å². The summed E-state index contributed by atoms with van der Waals surface area (Å²) in [6, 6.07) is 7.72. The molecule has 1 fully saturated rings. The topological polar surface area (TPSA) is 96.9 Å². The third-order valence-electron chi connectivity index (χ3n) is 4.35. The van der Waals surface area contributed by atoms with E-state index in [-0.39, 0.29) is 23.6 Å². The number of ether oxygens (including phenoxy) is 1. The molecule has 0 bridgehead atoms. The van der Waals surface area contributed by atoms with Crippen LogP contribution in [0.4, 0.5) is 0 Å². The smallest absolute Gasteiger partial charge is 0.272 e. The summed E-state index contributed by atoms with van der Waals surface area (Å²) in [7, 11) is 1.77. The molecule has 0 aromatic carbocycles. The normalized spacial score (nSPS) is 16.3. The third kappa shape index (κ3) is 3.39. The highest BCUT2D eigenvalue weighted by molar-refractivity contribution is 7.13. The molecule has 0 N–H and O–H groups in total. The number of nitrogens with zero attached hydrogens (tertiary/aromatic N) is 6. The number of thiophene rings is 1. The maximum atomic E-state index is 12.9. The van der Waals surface area contributed by atoms with Crippen molar-refractivity contribution in [3.63, 3.8) is 0 Å². The van der Waals surface area contributed by atoms with E-state index in [4.69, 9.17) is 10.00 Å². The van der Waals surface area contributed by atoms with Crippen molar-refractivity contribution in [1.29, 1.82) is 5.26 Å². The number of aromatic nitrogens is 4. The number of nitriles is 1. The van der Waals surface area contributed by atoms with Crippen LogP contribution < -0.4 is 4.74 Å². The Labute approximate surface area is 159 Å². The van der Waals surface area contributed by atoms with E-state index >= 15 is 0 Å². The minimum atomic E-state index is -0.220. The molecular weight excluding hydrogens is 364 g/mol. The number of hydrogen-bond donors (Lipinski definition) is 0. The van der Waals surface area contributed by atoms with Crippen molar-refractivity contribution >= 4 is 17.2 Å². The highest BCUT2D eigenvalue weighted by Gasteiger charge is 2.31. The molecule has 1 amide bonds. The molecule has 3 aromatic heterocycles. The molecule has 3 aromatic rings. The maximum Gasteiger partial charge on any atom is 0.272 e. The molecule has 1 unspecified atom stereocenters. The Hall–Kier alpha value is -3.25. The average Bonchev–Trinajstić information content (AvgIpc) is 3.42. The fraction of sp³-hybridized carbons (Fsp3) is 0.278. The van der Waals surface area contributed by atoms with Crippen molar-refractivity contribution in [2.45, 2.75) is 12.5 Å². The number of rotatable bonds is 4. The van der Waals surface area contributed by atoms with Gasteiger partial charge in [-0.15, -0.1) is 11.3 Å². The fourth-order valence-corrected chi connectivity index (χ4v) is 3.71. The molecule has 4 heterocycles. The lowest BCUT2D eigenvalue weighted by molar-refractivity contribution is 0.0760. The van der Waals surface area contributed by atoms with E-state index in [1.165, 1.54) is 12.4 Å². The Morgan fingerprint density at radius 2 is 2.26 bits per heavy atom. The van der Waals surface area contributed by atoms with E-state index in [0.717, 1.165) is 10.6 Å². The van der Waals surface area contributed by atoms with Gasteiger partial charge in [0.05, 0.1) is 11.4 Å². The maximum absolute atomic E-state index is 12.9. The lowest BCUT2D eigenvalue weighted by Crippen LogP contribution is -2.32. The van der Waals surface area contributed by atoms with Crippen molar-refractivity contribution in [3.8, 4) is 22.5 Å². The summed E-state index contributed by atoms with van der Waals surface area (Å²) in [6.07, 6.45) is 3.38. The second-order valence-electron chi connectivity index (χ2n) is 6.12. The summed E-state index contributed by atoms with van der Waals surface area (Å²) >= 11 is 1.59. The van der Waals surface area contributed by atoms with Crippen LogP contribution in [-0.4, -0.2) is 49.7 Å². The molecule has 27 heavy (non-hydrogen) atoms. The van der Waals surface area contributed by atoms with Crippen LogP contribution in [0.25, 0.3) is 10.6 Å². The van der Waals surface area contributed by atoms with Crippen LogP contribution in [-0.2, 0) is 7.05 Å². The quantitative estimate of drug-likeness (QED) is 0.688. The predicted octanol–water partition coefficient (Wildman–Crippen LogP) is 2.10. The van der Waals surface area contributed by atoms with Crippen molar-refractivity contribution in [1.82, 2.24) is 24.6 Å². The zero-order valence-corrected chi connectivity index (χ0v) is 15.4. The Kier molecular flexibility index (Phi) is 4.56. The zero-order valence-electron chi connectivity index (χ0n) is 14.6. The minimum absolute atomic E-state index is 0.0847. The van der Waals surface area contributed by atoms with Gasteiger partial charge in [0.1, 0.15) is 23.6 Å². The third-order valence-corrected chi connectivity index (χ3v) is 5.25. The number of amides is 1. The van der Waals surface area contributed by atoms with Crippen LogP contribution in [0.15, 0.2) is 36.0 Å². The summed E-state index contributed by atoms with van der Waals surface area (Å²) in [6.45, 7) is 1.00. The van der Waals surface area contributed by atoms with Gasteiger partial charge in [-0.1, -0.05) is 6.07 Å². The Bertz CT molecular complexity index is 1010. The van der Waals surface area contributed by atoms with Crippen LogP contribution in [0.2, 0.25) is 0 Å². The molecule has 1 aliphatic rings. The standard InChI is InChI=1S/C18H16N6O2S/c1-23-15(9-13(22-23)16-3-2-8-27-16)18(25)24-7-4-12(11-24)26-17-14(10-19)20-5-6-21-17/h2-3,5-6,8-9,12H,4,7,11H2,1H3. The van der Waals surface area contributed by atoms with Crippen LogP contribution in [0, 0.1) is 11.3 Å². The van der Waals surface area contributed by atoms with Gasteiger partial charge in [0.2, 0.25) is 5.69 Å². The molecule has 0 spiro atoms. The first-order valence-electron chi connectivity index (χ1n) is 8.40. The number of hydrogen-bond acceptors (Lipinski definition) is 7. The summed E-state index contributed by atoms with van der Waals surface area (Å²) in [5.74, 6) is 0.123. The number of carbonyl (C=O) groups excluding carboxylic acids is 1. The van der Waals surface area contributed by atoms with Crippen LogP contribution >= 0.6 is 11.3 Å². The van der Waals surface area contributed by atoms with E-state index in [9.17, 15) is 4.79 Å². The van der Waals surface area contributed by atoms with Gasteiger partial charge in [0, 0.05) is 32.4 Å². The SMILES string of the molecule is Cn1nc(-c2cccs2)cc1C(=O)N1CCC(Oc2nccnc2C#N)C1. The van der Waals surface area contributed by atoms with Gasteiger partial charge in [0.15, 0.2) is 0 Å². The number of aryl methyl sites for hydroxylation is 1. The number of carbonyl (C=O) groups is 1. The first-order valence-corrected chi connectivity index (χ1v) is 9.28. The van der Waals surface area contributed by atoms with E-state index in [1.807, 2.05) is 29.6 Å². The molecule has 1 atom stereocenters. The van der Waals surface area contributed by atoms with Crippen molar-refractivity contribution in [3.05, 3.63) is 47.4 Å². The summed E-state index contributed by atoms with van der Waals surface area (Å²) in [5, 5.41) is 15.5. The Morgan fingerprint density at radius 3 is 3.04 bits per heavy atom. The van der Waals surface area contributed by atoms with E-state index in [2.05, 4.69) is 15.1 Å². The molecule has 0 saturated carbocycles. The minimum Gasteiger partial charge on any atom is -0.470 e. The molecule has 8 nitrogen and oxygen atoms in total. The second kappa shape index (κ2) is 7.17. The second-order valence-corrected chi connectivity index (χ2v) is 7.07. The largest absolute Gasteiger partial charge is 0.470 e. The summed E-state index contributed by atoms with van der Waals surface area (Å²) < 4.78 is 7.41. The predicted molar refractivity (Wildman–Crippen MR) is 98.2 cm³/mol. The van der Waals surface area contributed by atoms with Gasteiger partial charge in [-0.2, -0.15) is 10.4 Å². The van der Waals surface area contributed by atoms with E-state index < -0.39 is 0 Å². The Morgan fingerprint density at radius 1 is 1.41 bits per heavy atom. The summed E-state index contributed by atoms with van der Waals surface area (Å²) in [5.41, 5.74) is 1.48. The molecule has 1 saturated heterocycles. The van der Waals surface area contributed by atoms with Crippen LogP contribution in [0.5, 0.6) is 5.88 Å². The lowest BCUT2D eigenvalue weighted by atomic mass is 10.3. The number of likely N-dealkylation sites (tertiary alicyclic amines) is 1. The lowest BCUT2D eigenvalue weighted by Gasteiger charge is -2.17. The first-order chi connectivity index (χ1) is 13.2. The average molecular weight is 380 g/mol. The first kappa shape index (κ1) is 17.2. The molecule has 0 aliphatic carbocycles. The van der Waals surface area contributed by atoms with E-state index in [0.29, 0.717) is 25.2 Å². The van der Waals surface area contributed by atoms with Gasteiger partial charge in [-0.3, -0.25) is 9.48 Å². The molecule has 136 valence electrons. The molecule has 4 rings (SSSR count). The van der Waals surface area contributed by atoms with E-state index in [1.54, 1.807) is 28.0 Å². The fourth-order valence-electron chi connectivity index (χ4n) is 3.03.